The first-order chi connectivity index (χ1) is 23.3. The molecule has 0 rings (SSSR count). The first-order valence-corrected chi connectivity index (χ1v) is 20.9. The first-order valence-electron chi connectivity index (χ1n) is 19.0. The van der Waals surface area contributed by atoms with Crippen LogP contribution in [0.5, 0.6) is 0 Å². The number of hydrogen-bond acceptors (Lipinski definition) is 12. The molecule has 0 aromatic heterocycles. The van der Waals surface area contributed by atoms with Crippen LogP contribution in [-0.2, 0) is 13.3 Å². The van der Waals surface area contributed by atoms with E-state index in [0.29, 0.717) is 6.42 Å². The summed E-state index contributed by atoms with van der Waals surface area (Å²) in [6.45, 7) is -0.365. The van der Waals surface area contributed by atoms with Crippen LogP contribution in [0.25, 0.3) is 0 Å². The summed E-state index contributed by atoms with van der Waals surface area (Å²) in [5, 5.41) is 58.6. The summed E-state index contributed by atoms with van der Waals surface area (Å²) >= 11 is 0. The molecule has 0 amide bonds. The lowest BCUT2D eigenvalue weighted by molar-refractivity contribution is -0.890. The van der Waals surface area contributed by atoms with E-state index < -0.39 is 65.1 Å². The van der Waals surface area contributed by atoms with E-state index in [1.54, 1.807) is 0 Å². The van der Waals surface area contributed by atoms with E-state index >= 15 is 0 Å². The molecule has 12 N–H and O–H groups in total. The number of nitrogens with zero attached hydrogens (tertiary/aromatic N) is 1. The Bertz CT molecular complexity index is 725. The van der Waals surface area contributed by atoms with E-state index in [9.17, 15) is 30.6 Å². The number of rotatable bonds is 36. The second-order valence-corrected chi connectivity index (χ2v) is 18.1. The van der Waals surface area contributed by atoms with Crippen molar-refractivity contribution in [3.63, 3.8) is 0 Å². The average Bonchev–Trinajstić information content (AvgIpc) is 3.11. The summed E-state index contributed by atoms with van der Waals surface area (Å²) in [4.78, 5) is 0. The van der Waals surface area contributed by atoms with Crippen LogP contribution in [0.3, 0.4) is 0 Å². The van der Waals surface area contributed by atoms with Gasteiger partial charge in [0.25, 0.3) is 0 Å². The van der Waals surface area contributed by atoms with Gasteiger partial charge in [0.2, 0.25) is 0 Å². The number of halogens is 1. The lowest BCUT2D eigenvalue weighted by Crippen LogP contribution is -3.00. The Morgan fingerprint density at radius 2 is 0.720 bits per heavy atom. The molecule has 0 fully saturated rings. The summed E-state index contributed by atoms with van der Waals surface area (Å²) in [6, 6.07) is 0.264. The van der Waals surface area contributed by atoms with Crippen molar-refractivity contribution in [2.24, 2.45) is 17.2 Å². The van der Waals surface area contributed by atoms with Gasteiger partial charge in [-0.25, -0.2) is 0 Å². The van der Waals surface area contributed by atoms with E-state index in [1.807, 2.05) is 0 Å². The largest absolute Gasteiger partial charge is 1.00 e. The molecule has 0 bridgehead atoms. The molecular formula is C35H79ClN4O9Si. The molecule has 0 heterocycles. The van der Waals surface area contributed by atoms with Gasteiger partial charge in [0, 0.05) is 12.5 Å². The molecule has 304 valence electrons. The Labute approximate surface area is 311 Å². The zero-order chi connectivity index (χ0) is 37.1. The highest BCUT2D eigenvalue weighted by Crippen LogP contribution is 2.24. The van der Waals surface area contributed by atoms with Gasteiger partial charge < -0.3 is 78.0 Å². The van der Waals surface area contributed by atoms with Gasteiger partial charge in [0.1, 0.15) is 0 Å². The van der Waals surface area contributed by atoms with Crippen molar-refractivity contribution in [3.8, 4) is 0 Å². The second kappa shape index (κ2) is 29.4. The van der Waals surface area contributed by atoms with E-state index in [1.165, 1.54) is 96.3 Å². The van der Waals surface area contributed by atoms with Gasteiger partial charge in [-0.1, -0.05) is 96.8 Å². The molecule has 0 aliphatic rings. The van der Waals surface area contributed by atoms with Crippen LogP contribution >= 0.6 is 0 Å². The molecule has 13 nitrogen and oxygen atoms in total. The van der Waals surface area contributed by atoms with Gasteiger partial charge in [-0.05, 0) is 12.8 Å². The minimum atomic E-state index is -3.82. The van der Waals surface area contributed by atoms with Crippen LogP contribution in [0.2, 0.25) is 6.04 Å². The van der Waals surface area contributed by atoms with E-state index in [2.05, 4.69) is 21.0 Å². The molecular weight excluding hydrogens is 684 g/mol. The standard InChI is InChI=1S/C35H79N4O9Si.ClH/c1-4-5-6-7-8-9-10-11-12-13-14-15-16-17-18-19-21-39(2,3)22-20-23-49(46-30-33(36,24-40)25-41,47-31-34(37,26-42)27-43)48-32-35(38,28-44)29-45;/h40-45H,4-32,36-38H2,1-3H3;1H/q+1;/p-1. The monoisotopic (exact) mass is 763 g/mol. The lowest BCUT2D eigenvalue weighted by Gasteiger charge is -2.38. The molecule has 50 heavy (non-hydrogen) atoms. The predicted octanol–water partition coefficient (Wildman–Crippen LogP) is -1.25. The third-order valence-electron chi connectivity index (χ3n) is 9.49. The van der Waals surface area contributed by atoms with Gasteiger partial charge in [-0.15, -0.1) is 0 Å². The van der Waals surface area contributed by atoms with Gasteiger partial charge in [0.15, 0.2) is 0 Å². The number of quaternary nitrogens is 1. The number of aliphatic hydroxyl groups is 6. The van der Waals surface area contributed by atoms with Crippen LogP contribution in [-0.4, -0.2) is 147 Å². The fourth-order valence-corrected chi connectivity index (χ4v) is 8.25. The van der Waals surface area contributed by atoms with Crippen molar-refractivity contribution in [2.45, 2.75) is 139 Å². The van der Waals surface area contributed by atoms with Crippen LogP contribution in [0.15, 0.2) is 0 Å². The molecule has 15 heteroatoms. The fourth-order valence-electron chi connectivity index (χ4n) is 5.45. The van der Waals surface area contributed by atoms with Crippen molar-refractivity contribution in [1.82, 2.24) is 0 Å². The summed E-state index contributed by atoms with van der Waals surface area (Å²) in [5.41, 5.74) is 13.8. The second-order valence-electron chi connectivity index (χ2n) is 15.4. The quantitative estimate of drug-likeness (QED) is 0.0208. The normalized spacial score (nSPS) is 13.2. The van der Waals surface area contributed by atoms with E-state index in [-0.39, 0.29) is 38.3 Å². The maximum atomic E-state index is 9.77. The van der Waals surface area contributed by atoms with Crippen molar-refractivity contribution >= 4 is 8.80 Å². The highest BCUT2D eigenvalue weighted by molar-refractivity contribution is 6.60. The molecule has 0 atom stereocenters. The third kappa shape index (κ3) is 24.3. The van der Waals surface area contributed by atoms with Gasteiger partial charge in [0.05, 0.1) is 103 Å². The SMILES string of the molecule is CCCCCCCCCCCCCCCCCC[N+](C)(C)CCC[Si](OCC(N)(CO)CO)(OCC(N)(CO)CO)OCC(N)(CO)CO.[Cl-]. The van der Waals surface area contributed by atoms with E-state index in [4.69, 9.17) is 30.5 Å². The highest BCUT2D eigenvalue weighted by Gasteiger charge is 2.47. The van der Waals surface area contributed by atoms with Crippen LogP contribution in [0.4, 0.5) is 0 Å². The van der Waals surface area contributed by atoms with Gasteiger partial charge in [-0.2, -0.15) is 0 Å². The maximum Gasteiger partial charge on any atom is 0.501 e. The summed E-state index contributed by atoms with van der Waals surface area (Å²) in [5.74, 6) is 0. The average molecular weight is 764 g/mol. The molecule has 0 aromatic rings. The van der Waals surface area contributed by atoms with Crippen LogP contribution < -0.4 is 29.6 Å². The predicted molar refractivity (Wildman–Crippen MR) is 198 cm³/mol. The molecule has 0 unspecified atom stereocenters. The Balaban J connectivity index is 0. The number of unbranched alkanes of at least 4 members (excludes halogenated alkanes) is 15. The minimum absolute atomic E-state index is 0. The Kier molecular flexibility index (Phi) is 30.6. The zero-order valence-corrected chi connectivity index (χ0v) is 33.7. The van der Waals surface area contributed by atoms with E-state index in [0.717, 1.165) is 24.0 Å². The Morgan fingerprint density at radius 3 is 1.00 bits per heavy atom. The molecule has 0 aliphatic heterocycles. The zero-order valence-electron chi connectivity index (χ0n) is 32.0. The van der Waals surface area contributed by atoms with Gasteiger partial charge in [-0.3, -0.25) is 0 Å². The molecule has 0 radical (unpaired) electrons. The molecule has 0 spiro atoms. The molecule has 0 saturated heterocycles. The van der Waals surface area contributed by atoms with Crippen molar-refractivity contribution in [2.75, 3.05) is 86.6 Å². The topological polar surface area (TPSA) is 227 Å². The molecule has 0 aliphatic carbocycles. The van der Waals surface area contributed by atoms with Crippen molar-refractivity contribution in [1.29, 1.82) is 0 Å². The molecule has 0 aromatic carbocycles. The Hall–Kier alpha value is -0.0131. The minimum Gasteiger partial charge on any atom is -1.00 e. The molecule has 0 saturated carbocycles. The first kappa shape index (κ1) is 52.1. The summed E-state index contributed by atoms with van der Waals surface area (Å²) in [7, 11) is 0.526. The van der Waals surface area contributed by atoms with Crippen molar-refractivity contribution in [3.05, 3.63) is 0 Å². The third-order valence-corrected chi connectivity index (χ3v) is 12.2. The summed E-state index contributed by atoms with van der Waals surface area (Å²) in [6.07, 6.45) is 21.9. The fraction of sp³-hybridized carbons (Fsp3) is 1.00. The highest BCUT2D eigenvalue weighted by atomic mass is 35.5. The number of nitrogens with two attached hydrogens (primary N) is 3. The van der Waals surface area contributed by atoms with Crippen LogP contribution in [0.1, 0.15) is 116 Å². The van der Waals surface area contributed by atoms with Crippen LogP contribution in [0, 0.1) is 0 Å². The summed E-state index contributed by atoms with van der Waals surface area (Å²) < 4.78 is 19.2. The maximum absolute atomic E-state index is 9.77. The van der Waals surface area contributed by atoms with Crippen molar-refractivity contribution < 1.29 is 60.8 Å². The van der Waals surface area contributed by atoms with Gasteiger partial charge >= 0.3 is 8.80 Å². The number of aliphatic hydroxyl groups excluding tert-OH is 6. The Morgan fingerprint density at radius 1 is 0.460 bits per heavy atom. The smallest absolute Gasteiger partial charge is 0.501 e. The lowest BCUT2D eigenvalue weighted by atomic mass is 10.0. The number of hydrogen-bond donors (Lipinski definition) is 9.